The van der Waals surface area contributed by atoms with Gasteiger partial charge in [-0.15, -0.1) is 0 Å². The van der Waals surface area contributed by atoms with Gasteiger partial charge in [-0.2, -0.15) is 0 Å². The first kappa shape index (κ1) is 19.0. The minimum atomic E-state index is -0.490. The van der Waals surface area contributed by atoms with Crippen molar-refractivity contribution in [3.63, 3.8) is 0 Å². The van der Waals surface area contributed by atoms with Crippen LogP contribution in [0.25, 0.3) is 0 Å². The molecular formula is C20H21N3O3S. The number of aryl methyl sites for hydroxylation is 1. The summed E-state index contributed by atoms with van der Waals surface area (Å²) in [7, 11) is 0. The van der Waals surface area contributed by atoms with E-state index in [1.165, 1.54) is 11.8 Å². The Kier molecular flexibility index (Phi) is 6.13. The Labute approximate surface area is 162 Å². The lowest BCUT2D eigenvalue weighted by Gasteiger charge is -2.09. The summed E-state index contributed by atoms with van der Waals surface area (Å²) < 4.78 is 5.40. The molecule has 2 aromatic carbocycles. The monoisotopic (exact) mass is 383 g/mol. The molecule has 1 aliphatic heterocycles. The Hall–Kier alpha value is -2.80. The maximum atomic E-state index is 12.3. The summed E-state index contributed by atoms with van der Waals surface area (Å²) in [5.74, 6) is 0.374. The third kappa shape index (κ3) is 5.10. The largest absolute Gasteiger partial charge is 0.494 e. The standard InChI is InChI=1S/C20H21N3O3S/c1-3-26-15-10-8-14(9-11-15)21-20-23-19(25)17(27-20)12-18(24)22-16-7-5-4-6-13(16)2/h4-11,17H,3,12H2,1-2H3,(H,22,24)(H,21,23,25)/t17-/m1/s1. The molecule has 2 amide bonds. The molecule has 140 valence electrons. The highest BCUT2D eigenvalue weighted by Gasteiger charge is 2.32. The quantitative estimate of drug-likeness (QED) is 0.798. The van der Waals surface area contributed by atoms with Crippen LogP contribution in [-0.2, 0) is 9.59 Å². The number of thioether (sulfide) groups is 1. The number of anilines is 1. The second kappa shape index (κ2) is 8.73. The van der Waals surface area contributed by atoms with Gasteiger partial charge in [-0.3, -0.25) is 9.59 Å². The first-order valence-corrected chi connectivity index (χ1v) is 9.57. The summed E-state index contributed by atoms with van der Waals surface area (Å²) in [6.45, 7) is 4.45. The van der Waals surface area contributed by atoms with E-state index in [-0.39, 0.29) is 18.2 Å². The van der Waals surface area contributed by atoms with Crippen LogP contribution in [0, 0.1) is 6.92 Å². The third-order valence-electron chi connectivity index (χ3n) is 3.94. The molecule has 27 heavy (non-hydrogen) atoms. The molecule has 2 aromatic rings. The van der Waals surface area contributed by atoms with Gasteiger partial charge in [-0.1, -0.05) is 30.0 Å². The van der Waals surface area contributed by atoms with Crippen molar-refractivity contribution in [3.05, 3.63) is 54.1 Å². The van der Waals surface area contributed by atoms with E-state index in [0.717, 1.165) is 17.0 Å². The molecule has 0 aromatic heterocycles. The van der Waals surface area contributed by atoms with Crippen LogP contribution >= 0.6 is 11.8 Å². The number of para-hydroxylation sites is 1. The van der Waals surface area contributed by atoms with Crippen LogP contribution in [0.15, 0.2) is 53.5 Å². The van der Waals surface area contributed by atoms with Crippen LogP contribution in [0.4, 0.5) is 11.4 Å². The van der Waals surface area contributed by atoms with Crippen molar-refractivity contribution >= 4 is 40.1 Å². The fourth-order valence-electron chi connectivity index (χ4n) is 2.58. The highest BCUT2D eigenvalue weighted by molar-refractivity contribution is 8.15. The predicted molar refractivity (Wildman–Crippen MR) is 109 cm³/mol. The number of nitrogens with zero attached hydrogens (tertiary/aromatic N) is 1. The van der Waals surface area contributed by atoms with E-state index in [9.17, 15) is 9.59 Å². The molecule has 7 heteroatoms. The van der Waals surface area contributed by atoms with Gasteiger partial charge in [0.25, 0.3) is 0 Å². The lowest BCUT2D eigenvalue weighted by molar-refractivity contribution is -0.122. The molecule has 2 N–H and O–H groups in total. The summed E-state index contributed by atoms with van der Waals surface area (Å²) in [6, 6.07) is 14.8. The molecule has 0 radical (unpaired) electrons. The molecule has 1 fully saturated rings. The number of carbonyl (C=O) groups excluding carboxylic acids is 2. The fraction of sp³-hybridized carbons (Fsp3) is 0.250. The van der Waals surface area contributed by atoms with E-state index in [0.29, 0.717) is 17.5 Å². The fourth-order valence-corrected chi connectivity index (χ4v) is 3.56. The number of rotatable bonds is 6. The first-order chi connectivity index (χ1) is 13.0. The SMILES string of the molecule is CCOc1ccc(N=C2NC(=O)[C@@H](CC(=O)Nc3ccccc3C)S2)cc1. The molecule has 0 saturated carbocycles. The Morgan fingerprint density at radius 1 is 1.22 bits per heavy atom. The number of amidine groups is 1. The highest BCUT2D eigenvalue weighted by Crippen LogP contribution is 2.26. The molecule has 0 aliphatic carbocycles. The van der Waals surface area contributed by atoms with Crippen LogP contribution in [0.5, 0.6) is 5.75 Å². The zero-order chi connectivity index (χ0) is 19.2. The van der Waals surface area contributed by atoms with Crippen molar-refractivity contribution in [2.75, 3.05) is 11.9 Å². The number of carbonyl (C=O) groups is 2. The van der Waals surface area contributed by atoms with E-state index >= 15 is 0 Å². The van der Waals surface area contributed by atoms with E-state index in [1.807, 2.05) is 62.4 Å². The number of benzene rings is 2. The van der Waals surface area contributed by atoms with Crippen LogP contribution < -0.4 is 15.4 Å². The molecule has 6 nitrogen and oxygen atoms in total. The second-order valence-corrected chi connectivity index (χ2v) is 7.20. The second-order valence-electron chi connectivity index (χ2n) is 6.01. The van der Waals surface area contributed by atoms with Crippen molar-refractivity contribution in [1.82, 2.24) is 5.32 Å². The van der Waals surface area contributed by atoms with Gasteiger partial charge < -0.3 is 15.4 Å². The maximum absolute atomic E-state index is 12.3. The average molecular weight is 383 g/mol. The van der Waals surface area contributed by atoms with E-state index in [1.54, 1.807) is 0 Å². The molecule has 0 bridgehead atoms. The number of hydrogen-bond donors (Lipinski definition) is 2. The molecule has 3 rings (SSSR count). The van der Waals surface area contributed by atoms with E-state index in [2.05, 4.69) is 15.6 Å². The van der Waals surface area contributed by atoms with Crippen LogP contribution in [0.3, 0.4) is 0 Å². The minimum absolute atomic E-state index is 0.0904. The Balaban J connectivity index is 1.59. The lowest BCUT2D eigenvalue weighted by Crippen LogP contribution is -2.28. The van der Waals surface area contributed by atoms with E-state index in [4.69, 9.17) is 4.74 Å². The van der Waals surface area contributed by atoms with Gasteiger partial charge in [0.1, 0.15) is 11.0 Å². The zero-order valence-electron chi connectivity index (χ0n) is 15.2. The van der Waals surface area contributed by atoms with Crippen molar-refractivity contribution in [2.45, 2.75) is 25.5 Å². The number of aliphatic imine (C=N–C) groups is 1. The van der Waals surface area contributed by atoms with Gasteiger partial charge in [0.15, 0.2) is 5.17 Å². The summed E-state index contributed by atoms with van der Waals surface area (Å²) in [6.07, 6.45) is 0.0904. The number of ether oxygens (including phenoxy) is 1. The molecule has 1 saturated heterocycles. The third-order valence-corrected chi connectivity index (χ3v) is 5.03. The van der Waals surface area contributed by atoms with Gasteiger partial charge >= 0.3 is 0 Å². The topological polar surface area (TPSA) is 79.8 Å². The van der Waals surface area contributed by atoms with Crippen molar-refractivity contribution in [1.29, 1.82) is 0 Å². The van der Waals surface area contributed by atoms with Crippen molar-refractivity contribution < 1.29 is 14.3 Å². The number of nitrogens with one attached hydrogen (secondary N) is 2. The molecule has 1 heterocycles. The van der Waals surface area contributed by atoms with E-state index < -0.39 is 5.25 Å². The number of amides is 2. The van der Waals surface area contributed by atoms with Crippen LogP contribution in [-0.4, -0.2) is 28.8 Å². The van der Waals surface area contributed by atoms with Crippen molar-refractivity contribution in [3.8, 4) is 5.75 Å². The maximum Gasteiger partial charge on any atom is 0.240 e. The van der Waals surface area contributed by atoms with Gasteiger partial charge in [0.05, 0.1) is 12.3 Å². The van der Waals surface area contributed by atoms with Gasteiger partial charge in [0.2, 0.25) is 11.8 Å². The predicted octanol–water partition coefficient (Wildman–Crippen LogP) is 3.64. The lowest BCUT2D eigenvalue weighted by atomic mass is 10.2. The van der Waals surface area contributed by atoms with Crippen LogP contribution in [0.2, 0.25) is 0 Å². The number of hydrogen-bond acceptors (Lipinski definition) is 5. The molecule has 0 unspecified atom stereocenters. The zero-order valence-corrected chi connectivity index (χ0v) is 16.0. The Bertz CT molecular complexity index is 865. The highest BCUT2D eigenvalue weighted by atomic mass is 32.2. The van der Waals surface area contributed by atoms with Crippen LogP contribution in [0.1, 0.15) is 18.9 Å². The minimum Gasteiger partial charge on any atom is -0.494 e. The summed E-state index contributed by atoms with van der Waals surface area (Å²) in [4.78, 5) is 28.9. The van der Waals surface area contributed by atoms with Crippen molar-refractivity contribution in [2.24, 2.45) is 4.99 Å². The summed E-state index contributed by atoms with van der Waals surface area (Å²) in [5, 5.41) is 5.60. The van der Waals surface area contributed by atoms with Gasteiger partial charge in [0, 0.05) is 12.1 Å². The normalized spacial score (nSPS) is 17.6. The molecule has 0 spiro atoms. The Morgan fingerprint density at radius 2 is 1.96 bits per heavy atom. The molecular weight excluding hydrogens is 362 g/mol. The summed E-state index contributed by atoms with van der Waals surface area (Å²) in [5.41, 5.74) is 2.45. The first-order valence-electron chi connectivity index (χ1n) is 8.69. The smallest absolute Gasteiger partial charge is 0.240 e. The van der Waals surface area contributed by atoms with Gasteiger partial charge in [-0.25, -0.2) is 4.99 Å². The van der Waals surface area contributed by atoms with Gasteiger partial charge in [-0.05, 0) is 49.7 Å². The average Bonchev–Trinajstić information content (AvgIpc) is 2.98. The summed E-state index contributed by atoms with van der Waals surface area (Å²) >= 11 is 1.27. The molecule has 1 atom stereocenters. The Morgan fingerprint density at radius 3 is 2.67 bits per heavy atom. The molecule has 1 aliphatic rings.